The van der Waals surface area contributed by atoms with Gasteiger partial charge in [0.25, 0.3) is 5.91 Å². The number of hydrogen-bond donors (Lipinski definition) is 1. The van der Waals surface area contributed by atoms with Crippen LogP contribution in [-0.2, 0) is 0 Å². The molecule has 0 aromatic heterocycles. The van der Waals surface area contributed by atoms with E-state index in [1.54, 1.807) is 47.4 Å². The van der Waals surface area contributed by atoms with E-state index in [1.807, 2.05) is 7.05 Å². The van der Waals surface area contributed by atoms with Gasteiger partial charge in [0.2, 0.25) is 0 Å². The molecule has 1 aliphatic carbocycles. The van der Waals surface area contributed by atoms with Crippen LogP contribution >= 0.6 is 0 Å². The zero-order valence-corrected chi connectivity index (χ0v) is 14.1. The van der Waals surface area contributed by atoms with Gasteiger partial charge in [-0.2, -0.15) is 15.8 Å². The third-order valence-electron chi connectivity index (χ3n) is 4.41. The largest absolute Gasteiger partial charge is 0.345 e. The number of nitriles is 3. The molecule has 0 radical (unpaired) electrons. The summed E-state index contributed by atoms with van der Waals surface area (Å²) in [5, 5.41) is 29.6. The number of benzene rings is 1. The first-order chi connectivity index (χ1) is 12.1. The van der Waals surface area contributed by atoms with E-state index in [4.69, 9.17) is 15.8 Å². The van der Waals surface area contributed by atoms with Gasteiger partial charge in [-0.15, -0.1) is 0 Å². The molecule has 2 rings (SSSR count). The van der Waals surface area contributed by atoms with Crippen molar-refractivity contribution in [1.29, 1.82) is 15.8 Å². The number of nitrogens with one attached hydrogen (secondary N) is 1. The van der Waals surface area contributed by atoms with E-state index >= 15 is 0 Å². The van der Waals surface area contributed by atoms with E-state index < -0.39 is 0 Å². The van der Waals surface area contributed by atoms with Crippen molar-refractivity contribution < 1.29 is 4.79 Å². The number of carbonyl (C=O) groups is 1. The predicted molar refractivity (Wildman–Crippen MR) is 92.9 cm³/mol. The molecule has 1 aromatic rings. The van der Waals surface area contributed by atoms with Crippen molar-refractivity contribution >= 4 is 11.6 Å². The van der Waals surface area contributed by atoms with Crippen molar-refractivity contribution in [3.05, 3.63) is 41.1 Å². The molecule has 0 heterocycles. The summed E-state index contributed by atoms with van der Waals surface area (Å²) in [6, 6.07) is 12.2. The number of nitrogens with zero attached hydrogens (tertiary/aromatic N) is 4. The van der Waals surface area contributed by atoms with Crippen LogP contribution in [-0.4, -0.2) is 23.9 Å². The number of anilines is 1. The van der Waals surface area contributed by atoms with E-state index in [0.29, 0.717) is 11.3 Å². The lowest BCUT2D eigenvalue weighted by atomic mass is 9.94. The molecule has 1 fully saturated rings. The lowest BCUT2D eigenvalue weighted by Gasteiger charge is -2.31. The second-order valence-electron chi connectivity index (χ2n) is 6.00. The standard InChI is InChI=1S/C19H19N5O/c1-24(17-8-3-2-4-9-17)19(25)14-6-5-7-16(10-14)23-18(13-22)15(11-20)12-21/h5-7,10,17,23H,2-4,8-9H2,1H3. The van der Waals surface area contributed by atoms with Crippen LogP contribution in [0.1, 0.15) is 42.5 Å². The fourth-order valence-corrected chi connectivity index (χ4v) is 3.00. The Morgan fingerprint density at radius 2 is 1.80 bits per heavy atom. The Morgan fingerprint density at radius 1 is 1.12 bits per heavy atom. The van der Waals surface area contributed by atoms with Gasteiger partial charge < -0.3 is 10.2 Å². The first kappa shape index (κ1) is 18.0. The lowest BCUT2D eigenvalue weighted by molar-refractivity contribution is 0.0696. The van der Waals surface area contributed by atoms with Gasteiger partial charge in [-0.05, 0) is 31.0 Å². The molecule has 1 saturated carbocycles. The quantitative estimate of drug-likeness (QED) is 0.851. The fraction of sp³-hybridized carbons (Fsp3) is 0.368. The maximum atomic E-state index is 12.7. The number of allylic oxidation sites excluding steroid dienone is 2. The highest BCUT2D eigenvalue weighted by Gasteiger charge is 2.23. The highest BCUT2D eigenvalue weighted by Crippen LogP contribution is 2.23. The summed E-state index contributed by atoms with van der Waals surface area (Å²) in [5.74, 6) is -0.0705. The molecule has 6 heteroatoms. The van der Waals surface area contributed by atoms with Gasteiger partial charge in [0.05, 0.1) is 0 Å². The molecule has 25 heavy (non-hydrogen) atoms. The minimum atomic E-state index is -0.293. The average molecular weight is 333 g/mol. The van der Waals surface area contributed by atoms with Crippen LogP contribution in [0.2, 0.25) is 0 Å². The van der Waals surface area contributed by atoms with E-state index in [0.717, 1.165) is 25.7 Å². The molecule has 1 amide bonds. The zero-order valence-electron chi connectivity index (χ0n) is 14.1. The number of amides is 1. The lowest BCUT2D eigenvalue weighted by Crippen LogP contribution is -2.38. The SMILES string of the molecule is CN(C(=O)c1cccc(NC(C#N)=C(C#N)C#N)c1)C1CCCCC1. The molecule has 0 spiro atoms. The summed E-state index contributed by atoms with van der Waals surface area (Å²) in [6.45, 7) is 0. The van der Waals surface area contributed by atoms with Crippen LogP contribution < -0.4 is 5.32 Å². The van der Waals surface area contributed by atoms with E-state index in [2.05, 4.69) is 5.32 Å². The molecular formula is C19H19N5O. The van der Waals surface area contributed by atoms with E-state index in [1.165, 1.54) is 6.42 Å². The molecule has 1 aromatic carbocycles. The maximum absolute atomic E-state index is 12.7. The molecule has 1 aliphatic rings. The topological polar surface area (TPSA) is 104 Å². The minimum Gasteiger partial charge on any atom is -0.345 e. The molecule has 1 N–H and O–H groups in total. The Bertz CT molecular complexity index is 784. The molecular weight excluding hydrogens is 314 g/mol. The highest BCUT2D eigenvalue weighted by molar-refractivity contribution is 5.95. The van der Waals surface area contributed by atoms with Crippen LogP contribution in [0.15, 0.2) is 35.5 Å². The molecule has 0 bridgehead atoms. The summed E-state index contributed by atoms with van der Waals surface area (Å²) >= 11 is 0. The van der Waals surface area contributed by atoms with Crippen LogP contribution in [0.25, 0.3) is 0 Å². The van der Waals surface area contributed by atoms with Gasteiger partial charge in [-0.3, -0.25) is 4.79 Å². The van der Waals surface area contributed by atoms with Crippen molar-refractivity contribution in [1.82, 2.24) is 4.90 Å². The Morgan fingerprint density at radius 3 is 2.40 bits per heavy atom. The monoisotopic (exact) mass is 333 g/mol. The van der Waals surface area contributed by atoms with Gasteiger partial charge in [-0.1, -0.05) is 25.3 Å². The second kappa shape index (κ2) is 8.52. The number of carbonyl (C=O) groups excluding carboxylic acids is 1. The predicted octanol–water partition coefficient (Wildman–Crippen LogP) is 3.33. The van der Waals surface area contributed by atoms with Gasteiger partial charge in [-0.25, -0.2) is 0 Å². The minimum absolute atomic E-state index is 0.0705. The summed E-state index contributed by atoms with van der Waals surface area (Å²) in [5.41, 5.74) is 0.571. The molecule has 6 nitrogen and oxygen atoms in total. The van der Waals surface area contributed by atoms with Crippen LogP contribution in [0.5, 0.6) is 0 Å². The van der Waals surface area contributed by atoms with E-state index in [-0.39, 0.29) is 23.2 Å². The number of hydrogen-bond acceptors (Lipinski definition) is 5. The van der Waals surface area contributed by atoms with Gasteiger partial charge in [0.1, 0.15) is 23.9 Å². The first-order valence-corrected chi connectivity index (χ1v) is 8.19. The van der Waals surface area contributed by atoms with Gasteiger partial charge in [0, 0.05) is 24.3 Å². The molecule has 0 atom stereocenters. The van der Waals surface area contributed by atoms with Crippen LogP contribution in [0.3, 0.4) is 0 Å². The second-order valence-corrected chi connectivity index (χ2v) is 6.00. The Balaban J connectivity index is 2.20. The summed E-state index contributed by atoms with van der Waals surface area (Å²) in [6.07, 6.45) is 5.56. The summed E-state index contributed by atoms with van der Waals surface area (Å²) in [4.78, 5) is 14.5. The Kier molecular flexibility index (Phi) is 6.15. The fourth-order valence-electron chi connectivity index (χ4n) is 3.00. The van der Waals surface area contributed by atoms with Crippen molar-refractivity contribution in [2.75, 3.05) is 12.4 Å². The van der Waals surface area contributed by atoms with Gasteiger partial charge in [0.15, 0.2) is 5.57 Å². The third kappa shape index (κ3) is 4.37. The van der Waals surface area contributed by atoms with Crippen molar-refractivity contribution in [2.45, 2.75) is 38.1 Å². The van der Waals surface area contributed by atoms with Crippen LogP contribution in [0, 0.1) is 34.0 Å². The Labute approximate surface area is 147 Å². The van der Waals surface area contributed by atoms with Crippen molar-refractivity contribution in [3.63, 3.8) is 0 Å². The number of rotatable bonds is 4. The van der Waals surface area contributed by atoms with Gasteiger partial charge >= 0.3 is 0 Å². The summed E-state index contributed by atoms with van der Waals surface area (Å²) in [7, 11) is 1.82. The van der Waals surface area contributed by atoms with Crippen molar-refractivity contribution in [2.24, 2.45) is 0 Å². The third-order valence-corrected chi connectivity index (χ3v) is 4.41. The maximum Gasteiger partial charge on any atom is 0.253 e. The first-order valence-electron chi connectivity index (χ1n) is 8.19. The highest BCUT2D eigenvalue weighted by atomic mass is 16.2. The van der Waals surface area contributed by atoms with Crippen molar-refractivity contribution in [3.8, 4) is 18.2 Å². The van der Waals surface area contributed by atoms with Crippen LogP contribution in [0.4, 0.5) is 5.69 Å². The smallest absolute Gasteiger partial charge is 0.253 e. The molecule has 0 aliphatic heterocycles. The Hall–Kier alpha value is -3.30. The molecule has 126 valence electrons. The van der Waals surface area contributed by atoms with E-state index in [9.17, 15) is 4.79 Å². The summed E-state index contributed by atoms with van der Waals surface area (Å²) < 4.78 is 0. The zero-order chi connectivity index (χ0) is 18.2. The molecule has 0 saturated heterocycles. The molecule has 0 unspecified atom stereocenters. The normalized spacial score (nSPS) is 13.7. The average Bonchev–Trinajstić information content (AvgIpc) is 2.67.